The molecule has 0 bridgehead atoms. The third kappa shape index (κ3) is 3.43. The number of nitrogens with one attached hydrogen (secondary N) is 1. The summed E-state index contributed by atoms with van der Waals surface area (Å²) >= 11 is 0. The van der Waals surface area contributed by atoms with Crippen molar-refractivity contribution in [3.8, 4) is 11.4 Å². The monoisotopic (exact) mass is 350 g/mol. The van der Waals surface area contributed by atoms with Crippen LogP contribution in [0.1, 0.15) is 18.5 Å². The van der Waals surface area contributed by atoms with E-state index in [0.29, 0.717) is 18.5 Å². The number of rotatable bonds is 6. The maximum atomic E-state index is 5.80. The van der Waals surface area contributed by atoms with Crippen LogP contribution in [0.5, 0.6) is 0 Å². The minimum atomic E-state index is 0.245. The number of pyridine rings is 1. The minimum absolute atomic E-state index is 0.245. The number of aromatic nitrogens is 5. The summed E-state index contributed by atoms with van der Waals surface area (Å²) in [5.41, 5.74) is 2.19. The molecule has 7 nitrogen and oxygen atoms in total. The largest absolute Gasteiger partial charge is 0.379 e. The molecule has 3 aromatic rings. The van der Waals surface area contributed by atoms with Crippen LogP contribution in [0.25, 0.3) is 11.4 Å². The summed E-state index contributed by atoms with van der Waals surface area (Å²) in [6.07, 6.45) is 12.1. The highest BCUT2D eigenvalue weighted by molar-refractivity contribution is 5.54. The van der Waals surface area contributed by atoms with E-state index in [9.17, 15) is 0 Å². The summed E-state index contributed by atoms with van der Waals surface area (Å²) in [7, 11) is 0. The van der Waals surface area contributed by atoms with E-state index >= 15 is 0 Å². The molecule has 0 spiro atoms. The first-order valence-corrected chi connectivity index (χ1v) is 8.91. The molecule has 4 heterocycles. The van der Waals surface area contributed by atoms with Crippen molar-refractivity contribution in [3.05, 3.63) is 54.9 Å². The quantitative estimate of drug-likeness (QED) is 0.736. The molecule has 26 heavy (non-hydrogen) atoms. The third-order valence-corrected chi connectivity index (χ3v) is 4.68. The lowest BCUT2D eigenvalue weighted by Gasteiger charge is -2.21. The Morgan fingerprint density at radius 1 is 1.12 bits per heavy atom. The zero-order valence-corrected chi connectivity index (χ0v) is 14.7. The molecule has 7 heteroatoms. The Kier molecular flexibility index (Phi) is 4.88. The summed E-state index contributed by atoms with van der Waals surface area (Å²) in [4.78, 5) is 17.4. The molecule has 0 aliphatic carbocycles. The van der Waals surface area contributed by atoms with Gasteiger partial charge in [0.25, 0.3) is 0 Å². The summed E-state index contributed by atoms with van der Waals surface area (Å²) in [5.74, 6) is 1.91. The average Bonchev–Trinajstić information content (AvgIpc) is 3.32. The van der Waals surface area contributed by atoms with Crippen LogP contribution >= 0.6 is 0 Å². The molecule has 4 rings (SSSR count). The van der Waals surface area contributed by atoms with Crippen molar-refractivity contribution in [2.24, 2.45) is 5.92 Å². The van der Waals surface area contributed by atoms with Gasteiger partial charge in [0.05, 0.1) is 24.8 Å². The van der Waals surface area contributed by atoms with Crippen molar-refractivity contribution in [1.29, 1.82) is 0 Å². The molecule has 0 amide bonds. The molecule has 1 N–H and O–H groups in total. The molecule has 0 radical (unpaired) electrons. The predicted molar refractivity (Wildman–Crippen MR) is 98.7 cm³/mol. The van der Waals surface area contributed by atoms with Gasteiger partial charge in [-0.25, -0.2) is 15.0 Å². The van der Waals surface area contributed by atoms with Gasteiger partial charge in [-0.05, 0) is 31.0 Å². The molecular weight excluding hydrogens is 328 g/mol. The van der Waals surface area contributed by atoms with Crippen molar-refractivity contribution < 1.29 is 4.74 Å². The highest BCUT2D eigenvalue weighted by Gasteiger charge is 2.31. The smallest absolute Gasteiger partial charge is 0.222 e. The van der Waals surface area contributed by atoms with E-state index in [4.69, 9.17) is 4.74 Å². The van der Waals surface area contributed by atoms with Crippen molar-refractivity contribution in [1.82, 2.24) is 24.5 Å². The van der Waals surface area contributed by atoms with Crippen LogP contribution in [0.4, 0.5) is 5.95 Å². The summed E-state index contributed by atoms with van der Waals surface area (Å²) in [6.45, 7) is 4.26. The first-order chi connectivity index (χ1) is 12.8. The van der Waals surface area contributed by atoms with Gasteiger partial charge in [0, 0.05) is 49.6 Å². The second-order valence-electron chi connectivity index (χ2n) is 6.41. The standard InChI is InChI=1S/C19H22N6O/c1-2-21-19-23-10-16(11-24-19)18-22-7-8-25(18)17-13-26-12-15(17)9-14-3-5-20-6-4-14/h3-8,10-11,15,17H,2,9,12-13H2,1H3,(H,21,23,24)/t15-,17-/m1/s1. The second kappa shape index (κ2) is 7.61. The molecular formula is C19H22N6O. The molecule has 0 unspecified atom stereocenters. The summed E-state index contributed by atoms with van der Waals surface area (Å²) in [6, 6.07) is 4.38. The first kappa shape index (κ1) is 16.7. The van der Waals surface area contributed by atoms with Crippen molar-refractivity contribution in [3.63, 3.8) is 0 Å². The lowest BCUT2D eigenvalue weighted by molar-refractivity contribution is 0.181. The van der Waals surface area contributed by atoms with E-state index in [1.54, 1.807) is 0 Å². The molecule has 1 saturated heterocycles. The fourth-order valence-electron chi connectivity index (χ4n) is 3.41. The lowest BCUT2D eigenvalue weighted by atomic mass is 9.95. The first-order valence-electron chi connectivity index (χ1n) is 8.91. The van der Waals surface area contributed by atoms with E-state index in [1.165, 1.54) is 5.56 Å². The van der Waals surface area contributed by atoms with Crippen LogP contribution in [0, 0.1) is 5.92 Å². The molecule has 1 fully saturated rings. The van der Waals surface area contributed by atoms with Crippen LogP contribution in [-0.4, -0.2) is 44.3 Å². The minimum Gasteiger partial charge on any atom is -0.379 e. The molecule has 1 aliphatic rings. The van der Waals surface area contributed by atoms with Crippen molar-refractivity contribution >= 4 is 5.95 Å². The van der Waals surface area contributed by atoms with Gasteiger partial charge in [-0.2, -0.15) is 0 Å². The zero-order valence-electron chi connectivity index (χ0n) is 14.7. The highest BCUT2D eigenvalue weighted by Crippen LogP contribution is 2.32. The Hall–Kier alpha value is -2.80. The molecule has 3 aromatic heterocycles. The van der Waals surface area contributed by atoms with Gasteiger partial charge >= 0.3 is 0 Å². The van der Waals surface area contributed by atoms with E-state index in [0.717, 1.165) is 31.0 Å². The van der Waals surface area contributed by atoms with Crippen molar-refractivity contribution in [2.45, 2.75) is 19.4 Å². The van der Waals surface area contributed by atoms with Crippen LogP contribution in [0.3, 0.4) is 0 Å². The fourth-order valence-corrected chi connectivity index (χ4v) is 3.41. The number of hydrogen-bond acceptors (Lipinski definition) is 6. The third-order valence-electron chi connectivity index (χ3n) is 4.68. The Morgan fingerprint density at radius 3 is 2.69 bits per heavy atom. The van der Waals surface area contributed by atoms with E-state index in [1.807, 2.05) is 44.1 Å². The molecule has 134 valence electrons. The van der Waals surface area contributed by atoms with E-state index in [2.05, 4.69) is 42.0 Å². The number of nitrogens with zero attached hydrogens (tertiary/aromatic N) is 5. The van der Waals surface area contributed by atoms with Gasteiger partial charge in [0.15, 0.2) is 0 Å². The maximum absolute atomic E-state index is 5.80. The van der Waals surface area contributed by atoms with Gasteiger partial charge in [0.2, 0.25) is 5.95 Å². The van der Waals surface area contributed by atoms with E-state index < -0.39 is 0 Å². The van der Waals surface area contributed by atoms with Gasteiger partial charge < -0.3 is 14.6 Å². The average molecular weight is 350 g/mol. The Bertz CT molecular complexity index is 833. The lowest BCUT2D eigenvalue weighted by Crippen LogP contribution is -2.20. The summed E-state index contributed by atoms with van der Waals surface area (Å²) in [5, 5.41) is 3.11. The number of hydrogen-bond donors (Lipinski definition) is 1. The fraction of sp³-hybridized carbons (Fsp3) is 0.368. The van der Waals surface area contributed by atoms with E-state index in [-0.39, 0.29) is 6.04 Å². The zero-order chi connectivity index (χ0) is 17.8. The molecule has 2 atom stereocenters. The Balaban J connectivity index is 1.57. The topological polar surface area (TPSA) is 77.8 Å². The Morgan fingerprint density at radius 2 is 1.92 bits per heavy atom. The molecule has 0 aromatic carbocycles. The van der Waals surface area contributed by atoms with Gasteiger partial charge in [-0.15, -0.1) is 0 Å². The SMILES string of the molecule is CCNc1ncc(-c2nccn2[C@@H]2COC[C@H]2Cc2ccncc2)cn1. The normalized spacial score (nSPS) is 19.6. The van der Waals surface area contributed by atoms with Gasteiger partial charge in [-0.3, -0.25) is 4.98 Å². The summed E-state index contributed by atoms with van der Waals surface area (Å²) < 4.78 is 8.00. The molecule has 0 saturated carbocycles. The van der Waals surface area contributed by atoms with Crippen LogP contribution < -0.4 is 5.32 Å². The maximum Gasteiger partial charge on any atom is 0.222 e. The number of imidazole rings is 1. The number of ether oxygens (including phenoxy) is 1. The Labute approximate surface area is 152 Å². The predicted octanol–water partition coefficient (Wildman–Crippen LogP) is 2.60. The van der Waals surface area contributed by atoms with Crippen LogP contribution in [0.15, 0.2) is 49.3 Å². The molecule has 1 aliphatic heterocycles. The van der Waals surface area contributed by atoms with Crippen LogP contribution in [-0.2, 0) is 11.2 Å². The number of anilines is 1. The van der Waals surface area contributed by atoms with Crippen molar-refractivity contribution in [2.75, 3.05) is 25.1 Å². The highest BCUT2D eigenvalue weighted by atomic mass is 16.5. The van der Waals surface area contributed by atoms with Crippen LogP contribution in [0.2, 0.25) is 0 Å². The van der Waals surface area contributed by atoms with Gasteiger partial charge in [0.1, 0.15) is 5.82 Å². The second-order valence-corrected chi connectivity index (χ2v) is 6.41. The van der Waals surface area contributed by atoms with Gasteiger partial charge in [-0.1, -0.05) is 0 Å².